The predicted molar refractivity (Wildman–Crippen MR) is 52.1 cm³/mol. The maximum absolute atomic E-state index is 9.54. The molecular weight excluding hydrogens is 220 g/mol. The Bertz CT molecular complexity index is 391. The monoisotopic (exact) mass is 228 g/mol. The summed E-state index contributed by atoms with van der Waals surface area (Å²) in [6.45, 7) is 0. The van der Waals surface area contributed by atoms with Crippen LogP contribution in [0.5, 0.6) is 5.75 Å². The molecule has 0 saturated carbocycles. The van der Waals surface area contributed by atoms with Gasteiger partial charge in [-0.25, -0.2) is 4.98 Å². The van der Waals surface area contributed by atoms with E-state index in [1.165, 1.54) is 12.1 Å². The van der Waals surface area contributed by atoms with Crippen LogP contribution in [0.3, 0.4) is 0 Å². The Morgan fingerprint density at radius 3 is 2.73 bits per heavy atom. The Hall–Kier alpha value is -1.35. The van der Waals surface area contributed by atoms with E-state index >= 15 is 0 Å². The zero-order valence-electron chi connectivity index (χ0n) is 7.63. The van der Waals surface area contributed by atoms with Gasteiger partial charge in [0.05, 0.1) is 18.6 Å². The molecule has 1 rings (SSSR count). The lowest BCUT2D eigenvalue weighted by Crippen LogP contribution is -2.18. The molecule has 0 aromatic carbocycles. The van der Waals surface area contributed by atoms with Crippen LogP contribution in [-0.4, -0.2) is 26.4 Å². The third-order valence-electron chi connectivity index (χ3n) is 1.81. The van der Waals surface area contributed by atoms with Crippen molar-refractivity contribution in [2.45, 2.75) is 18.6 Å². The average Bonchev–Trinajstić information content (AvgIpc) is 2.21. The van der Waals surface area contributed by atoms with Crippen LogP contribution in [0.2, 0.25) is 5.15 Å². The summed E-state index contributed by atoms with van der Waals surface area (Å²) in [4.78, 5) is 3.67. The summed E-state index contributed by atoms with van der Waals surface area (Å²) in [6, 6.07) is 4.31. The molecule has 0 bridgehead atoms. The van der Waals surface area contributed by atoms with Crippen LogP contribution in [0.25, 0.3) is 0 Å². The first-order chi connectivity index (χ1) is 7.06. The second-order valence-electron chi connectivity index (χ2n) is 2.91. The molecule has 6 heteroatoms. The fourth-order valence-corrected chi connectivity index (χ4v) is 1.20. The lowest BCUT2D eigenvalue weighted by atomic mass is 10.1. The summed E-state index contributed by atoms with van der Waals surface area (Å²) in [7, 11) is 0. The highest BCUT2D eigenvalue weighted by Gasteiger charge is 2.22. The van der Waals surface area contributed by atoms with Gasteiger partial charge in [0.2, 0.25) is 0 Å². The van der Waals surface area contributed by atoms with Crippen molar-refractivity contribution in [1.29, 1.82) is 5.26 Å². The first-order valence-corrected chi connectivity index (χ1v) is 4.52. The van der Waals surface area contributed by atoms with Gasteiger partial charge in [0.1, 0.15) is 22.7 Å². The minimum Gasteiger partial charge on any atom is -0.506 e. The molecule has 80 valence electrons. The van der Waals surface area contributed by atoms with Crippen molar-refractivity contribution in [2.24, 2.45) is 0 Å². The molecule has 0 saturated heterocycles. The van der Waals surface area contributed by atoms with Crippen molar-refractivity contribution in [3.8, 4) is 11.8 Å². The summed E-state index contributed by atoms with van der Waals surface area (Å²) >= 11 is 5.56. The van der Waals surface area contributed by atoms with Gasteiger partial charge in [-0.15, -0.1) is 0 Å². The van der Waals surface area contributed by atoms with Crippen molar-refractivity contribution < 1.29 is 15.3 Å². The molecule has 3 N–H and O–H groups in total. The third-order valence-corrected chi connectivity index (χ3v) is 2.02. The van der Waals surface area contributed by atoms with E-state index in [1.807, 2.05) is 0 Å². The largest absolute Gasteiger partial charge is 0.506 e. The molecule has 0 spiro atoms. The van der Waals surface area contributed by atoms with Crippen LogP contribution < -0.4 is 0 Å². The van der Waals surface area contributed by atoms with E-state index in [0.717, 1.165) is 0 Å². The summed E-state index contributed by atoms with van der Waals surface area (Å²) in [5.41, 5.74) is -0.134. The number of nitriles is 1. The molecule has 5 nitrogen and oxygen atoms in total. The molecular formula is C9H9ClN2O3. The molecule has 2 unspecified atom stereocenters. The predicted octanol–water partition coefficient (Wildman–Crippen LogP) is 0.749. The van der Waals surface area contributed by atoms with Crippen LogP contribution in [0.1, 0.15) is 18.2 Å². The number of aromatic hydroxyl groups is 1. The Labute approximate surface area is 91.2 Å². The molecule has 0 fully saturated rings. The van der Waals surface area contributed by atoms with E-state index < -0.39 is 12.2 Å². The van der Waals surface area contributed by atoms with E-state index in [0.29, 0.717) is 0 Å². The molecule has 1 aromatic heterocycles. The van der Waals surface area contributed by atoms with Crippen molar-refractivity contribution in [3.63, 3.8) is 0 Å². The number of aromatic nitrogens is 1. The number of aliphatic hydroxyl groups excluding tert-OH is 2. The maximum Gasteiger partial charge on any atom is 0.140 e. The molecule has 1 heterocycles. The summed E-state index contributed by atoms with van der Waals surface area (Å²) in [5.74, 6) is -0.274. The van der Waals surface area contributed by atoms with E-state index in [2.05, 4.69) is 4.98 Å². The van der Waals surface area contributed by atoms with Crippen LogP contribution >= 0.6 is 11.6 Å². The highest BCUT2D eigenvalue weighted by atomic mass is 35.5. The first-order valence-electron chi connectivity index (χ1n) is 4.14. The van der Waals surface area contributed by atoms with E-state index in [1.54, 1.807) is 6.07 Å². The van der Waals surface area contributed by atoms with Gasteiger partial charge in [-0.3, -0.25) is 0 Å². The highest BCUT2D eigenvalue weighted by Crippen LogP contribution is 2.26. The van der Waals surface area contributed by atoms with Gasteiger partial charge < -0.3 is 15.3 Å². The maximum atomic E-state index is 9.54. The van der Waals surface area contributed by atoms with Crippen molar-refractivity contribution >= 4 is 11.6 Å². The van der Waals surface area contributed by atoms with Gasteiger partial charge in [0.15, 0.2) is 0 Å². The standard InChI is InChI=1S/C9H9ClN2O3/c10-7-2-1-5(13)8(12-7)9(15)6(14)3-4-11/h1-2,6,9,13-15H,3H2. The quantitative estimate of drug-likeness (QED) is 0.664. The Kier molecular flexibility index (Phi) is 3.86. The number of rotatable bonds is 3. The molecule has 15 heavy (non-hydrogen) atoms. The molecule has 0 aliphatic carbocycles. The lowest BCUT2D eigenvalue weighted by molar-refractivity contribution is 0.0175. The number of aliphatic hydroxyl groups is 2. The number of halogens is 1. The SMILES string of the molecule is N#CCC(O)C(O)c1nc(Cl)ccc1O. The Balaban J connectivity index is 2.95. The van der Waals surface area contributed by atoms with E-state index in [-0.39, 0.29) is 23.0 Å². The average molecular weight is 229 g/mol. The third kappa shape index (κ3) is 2.80. The first kappa shape index (κ1) is 11.7. The van der Waals surface area contributed by atoms with Crippen molar-refractivity contribution in [2.75, 3.05) is 0 Å². The fraction of sp³-hybridized carbons (Fsp3) is 0.333. The van der Waals surface area contributed by atoms with Gasteiger partial charge in [-0.1, -0.05) is 11.6 Å². The number of nitrogens with zero attached hydrogens (tertiary/aromatic N) is 2. The summed E-state index contributed by atoms with van der Waals surface area (Å²) in [5, 5.41) is 36.6. The highest BCUT2D eigenvalue weighted by molar-refractivity contribution is 6.29. The van der Waals surface area contributed by atoms with Gasteiger partial charge in [0, 0.05) is 0 Å². The molecule has 1 aromatic rings. The van der Waals surface area contributed by atoms with Crippen molar-refractivity contribution in [1.82, 2.24) is 4.98 Å². The smallest absolute Gasteiger partial charge is 0.140 e. The van der Waals surface area contributed by atoms with Gasteiger partial charge in [-0.2, -0.15) is 5.26 Å². The van der Waals surface area contributed by atoms with Gasteiger partial charge >= 0.3 is 0 Å². The topological polar surface area (TPSA) is 97.4 Å². The normalized spacial score (nSPS) is 14.3. The minimum atomic E-state index is -1.43. The van der Waals surface area contributed by atoms with Gasteiger partial charge in [-0.05, 0) is 12.1 Å². The fourth-order valence-electron chi connectivity index (χ4n) is 1.05. The molecule has 2 atom stereocenters. The second-order valence-corrected chi connectivity index (χ2v) is 3.30. The lowest BCUT2D eigenvalue weighted by Gasteiger charge is -2.15. The number of hydrogen-bond donors (Lipinski definition) is 3. The van der Waals surface area contributed by atoms with E-state index in [4.69, 9.17) is 16.9 Å². The van der Waals surface area contributed by atoms with Crippen LogP contribution in [0.15, 0.2) is 12.1 Å². The summed E-state index contributed by atoms with van der Waals surface area (Å²) < 4.78 is 0. The van der Waals surface area contributed by atoms with Crippen LogP contribution in [0, 0.1) is 11.3 Å². The second kappa shape index (κ2) is 4.94. The zero-order chi connectivity index (χ0) is 11.4. The number of hydrogen-bond acceptors (Lipinski definition) is 5. The molecule has 0 aliphatic heterocycles. The number of pyridine rings is 1. The molecule has 0 aliphatic rings. The zero-order valence-corrected chi connectivity index (χ0v) is 8.39. The van der Waals surface area contributed by atoms with Crippen LogP contribution in [0.4, 0.5) is 0 Å². The molecule has 0 radical (unpaired) electrons. The van der Waals surface area contributed by atoms with Gasteiger partial charge in [0.25, 0.3) is 0 Å². The summed E-state index contributed by atoms with van der Waals surface area (Å²) in [6.07, 6.45) is -2.98. The van der Waals surface area contributed by atoms with Crippen molar-refractivity contribution in [3.05, 3.63) is 23.0 Å². The Morgan fingerprint density at radius 1 is 1.47 bits per heavy atom. The minimum absolute atomic E-state index is 0.0889. The van der Waals surface area contributed by atoms with E-state index in [9.17, 15) is 15.3 Å². The molecule has 0 amide bonds. The Morgan fingerprint density at radius 2 is 2.13 bits per heavy atom. The van der Waals surface area contributed by atoms with Crippen LogP contribution in [-0.2, 0) is 0 Å².